The Balaban J connectivity index is 2.99. The van der Waals surface area contributed by atoms with Crippen molar-refractivity contribution in [3.63, 3.8) is 0 Å². The second-order valence-electron chi connectivity index (χ2n) is 6.60. The molecule has 2 amide bonds. The molecule has 1 aliphatic heterocycles. The number of urea groups is 1. The van der Waals surface area contributed by atoms with Gasteiger partial charge >= 0.3 is 12.0 Å². The standard InChI is InChI=1S/C15H28N2O3/c1-7-17(15(5,6)13(18)19)14(20)16-9-10(2)8-11(3)12(16)4/h10-12H,7-9H2,1-6H3,(H,18,19). The summed E-state index contributed by atoms with van der Waals surface area (Å²) in [5, 5.41) is 9.35. The number of carboxylic acids is 1. The lowest BCUT2D eigenvalue weighted by atomic mass is 9.86. The molecule has 5 nitrogen and oxygen atoms in total. The highest BCUT2D eigenvalue weighted by Gasteiger charge is 2.41. The molecular weight excluding hydrogens is 256 g/mol. The number of carboxylic acid groups (broad SMARTS) is 1. The molecule has 3 unspecified atom stereocenters. The zero-order chi connectivity index (χ0) is 15.7. The van der Waals surface area contributed by atoms with Crippen LogP contribution in [-0.4, -0.2) is 51.6 Å². The van der Waals surface area contributed by atoms with E-state index in [4.69, 9.17) is 0 Å². The van der Waals surface area contributed by atoms with Gasteiger partial charge in [0.25, 0.3) is 0 Å². The van der Waals surface area contributed by atoms with Crippen LogP contribution in [0.15, 0.2) is 0 Å². The number of hydrogen-bond acceptors (Lipinski definition) is 2. The van der Waals surface area contributed by atoms with Gasteiger partial charge in [0.1, 0.15) is 5.54 Å². The normalized spacial score (nSPS) is 27.3. The lowest BCUT2D eigenvalue weighted by molar-refractivity contribution is -0.148. The maximum absolute atomic E-state index is 12.8. The molecule has 1 rings (SSSR count). The first kappa shape index (κ1) is 16.8. The van der Waals surface area contributed by atoms with Crippen molar-refractivity contribution in [1.82, 2.24) is 9.80 Å². The highest BCUT2D eigenvalue weighted by atomic mass is 16.4. The quantitative estimate of drug-likeness (QED) is 0.866. The molecule has 3 atom stereocenters. The predicted octanol–water partition coefficient (Wildman–Crippen LogP) is 2.66. The molecule has 0 spiro atoms. The number of likely N-dealkylation sites (N-methyl/N-ethyl adjacent to an activating group) is 1. The zero-order valence-electron chi connectivity index (χ0n) is 13.5. The smallest absolute Gasteiger partial charge is 0.329 e. The molecule has 0 bridgehead atoms. The highest BCUT2D eigenvalue weighted by molar-refractivity contribution is 5.85. The Morgan fingerprint density at radius 2 is 1.85 bits per heavy atom. The van der Waals surface area contributed by atoms with E-state index in [1.165, 1.54) is 4.90 Å². The van der Waals surface area contributed by atoms with Gasteiger partial charge in [-0.3, -0.25) is 0 Å². The lowest BCUT2D eigenvalue weighted by Gasteiger charge is -2.45. The van der Waals surface area contributed by atoms with Gasteiger partial charge in [-0.25, -0.2) is 9.59 Å². The highest BCUT2D eigenvalue weighted by Crippen LogP contribution is 2.29. The fourth-order valence-electron chi connectivity index (χ4n) is 3.01. The number of hydrogen-bond donors (Lipinski definition) is 1. The van der Waals surface area contributed by atoms with Gasteiger partial charge in [0, 0.05) is 19.1 Å². The molecule has 0 radical (unpaired) electrons. The Hall–Kier alpha value is -1.26. The number of likely N-dealkylation sites (tertiary alicyclic amines) is 1. The van der Waals surface area contributed by atoms with Gasteiger partial charge in [0.15, 0.2) is 0 Å². The van der Waals surface area contributed by atoms with Gasteiger partial charge in [-0.2, -0.15) is 0 Å². The molecule has 0 aliphatic carbocycles. The van der Waals surface area contributed by atoms with E-state index in [1.807, 2.05) is 11.8 Å². The minimum absolute atomic E-state index is 0.150. The van der Waals surface area contributed by atoms with Crippen molar-refractivity contribution < 1.29 is 14.7 Å². The second-order valence-corrected chi connectivity index (χ2v) is 6.60. The first-order chi connectivity index (χ1) is 9.12. The van der Waals surface area contributed by atoms with Crippen molar-refractivity contribution in [2.75, 3.05) is 13.1 Å². The first-order valence-corrected chi connectivity index (χ1v) is 7.44. The second kappa shape index (κ2) is 6.02. The van der Waals surface area contributed by atoms with Crippen LogP contribution < -0.4 is 0 Å². The molecule has 1 saturated heterocycles. The Morgan fingerprint density at radius 1 is 1.30 bits per heavy atom. The molecule has 1 fully saturated rings. The third kappa shape index (κ3) is 3.07. The van der Waals surface area contributed by atoms with Gasteiger partial charge in [0.2, 0.25) is 0 Å². The van der Waals surface area contributed by atoms with Crippen LogP contribution in [0, 0.1) is 11.8 Å². The minimum atomic E-state index is -1.19. The SMILES string of the molecule is CCN(C(=O)N1CC(C)CC(C)C1C)C(C)(C)C(=O)O. The fraction of sp³-hybridized carbons (Fsp3) is 0.867. The number of amides is 2. The number of carbonyl (C=O) groups excluding carboxylic acids is 1. The van der Waals surface area contributed by atoms with Crippen LogP contribution in [0.2, 0.25) is 0 Å². The summed E-state index contributed by atoms with van der Waals surface area (Å²) in [5.41, 5.74) is -1.19. The molecule has 0 aromatic heterocycles. The van der Waals surface area contributed by atoms with Crippen molar-refractivity contribution in [2.24, 2.45) is 11.8 Å². The van der Waals surface area contributed by atoms with Crippen molar-refractivity contribution in [3.05, 3.63) is 0 Å². The fourth-order valence-corrected chi connectivity index (χ4v) is 3.01. The average Bonchev–Trinajstić information content (AvgIpc) is 2.33. The average molecular weight is 284 g/mol. The largest absolute Gasteiger partial charge is 0.480 e. The van der Waals surface area contributed by atoms with Crippen molar-refractivity contribution in [3.8, 4) is 0 Å². The summed E-state index contributed by atoms with van der Waals surface area (Å²) in [4.78, 5) is 27.5. The van der Waals surface area contributed by atoms with Crippen molar-refractivity contribution >= 4 is 12.0 Å². The van der Waals surface area contributed by atoms with Crippen LogP contribution in [0.4, 0.5) is 4.79 Å². The summed E-state index contributed by atoms with van der Waals surface area (Å²) in [6.45, 7) is 12.4. The summed E-state index contributed by atoms with van der Waals surface area (Å²) < 4.78 is 0. The lowest BCUT2D eigenvalue weighted by Crippen LogP contribution is -2.60. The maximum Gasteiger partial charge on any atom is 0.329 e. The number of nitrogens with zero attached hydrogens (tertiary/aromatic N) is 2. The van der Waals surface area contributed by atoms with E-state index in [9.17, 15) is 14.7 Å². The Kier molecular flexibility index (Phi) is 5.05. The van der Waals surface area contributed by atoms with Crippen LogP contribution in [0.3, 0.4) is 0 Å². The molecule has 5 heteroatoms. The zero-order valence-corrected chi connectivity index (χ0v) is 13.5. The molecule has 0 aromatic rings. The molecule has 0 saturated carbocycles. The third-order valence-corrected chi connectivity index (χ3v) is 4.59. The van der Waals surface area contributed by atoms with Gasteiger partial charge in [0.05, 0.1) is 0 Å². The summed E-state index contributed by atoms with van der Waals surface area (Å²) in [7, 11) is 0. The molecular formula is C15H28N2O3. The van der Waals surface area contributed by atoms with Gasteiger partial charge < -0.3 is 14.9 Å². The predicted molar refractivity (Wildman–Crippen MR) is 78.6 cm³/mol. The summed E-state index contributed by atoms with van der Waals surface area (Å²) in [6, 6.07) is -0.0110. The van der Waals surface area contributed by atoms with E-state index in [0.717, 1.165) is 6.42 Å². The topological polar surface area (TPSA) is 60.9 Å². The van der Waals surface area contributed by atoms with Crippen LogP contribution in [0.1, 0.15) is 48.0 Å². The summed E-state index contributed by atoms with van der Waals surface area (Å²) >= 11 is 0. The molecule has 116 valence electrons. The molecule has 20 heavy (non-hydrogen) atoms. The monoisotopic (exact) mass is 284 g/mol. The van der Waals surface area contributed by atoms with E-state index < -0.39 is 11.5 Å². The molecule has 1 heterocycles. The van der Waals surface area contributed by atoms with E-state index in [2.05, 4.69) is 20.8 Å². The van der Waals surface area contributed by atoms with E-state index >= 15 is 0 Å². The molecule has 1 aliphatic rings. The molecule has 1 N–H and O–H groups in total. The Labute approximate surface area is 121 Å². The maximum atomic E-state index is 12.8. The Bertz CT molecular complexity index is 381. The van der Waals surface area contributed by atoms with Crippen molar-refractivity contribution in [2.45, 2.75) is 59.5 Å². The van der Waals surface area contributed by atoms with Crippen LogP contribution in [0.5, 0.6) is 0 Å². The van der Waals surface area contributed by atoms with Crippen LogP contribution in [-0.2, 0) is 4.79 Å². The summed E-state index contributed by atoms with van der Waals surface area (Å²) in [6.07, 6.45) is 1.11. The van der Waals surface area contributed by atoms with Gasteiger partial charge in [-0.1, -0.05) is 13.8 Å². The summed E-state index contributed by atoms with van der Waals surface area (Å²) in [5.74, 6) is -0.0791. The minimum Gasteiger partial charge on any atom is -0.480 e. The third-order valence-electron chi connectivity index (χ3n) is 4.59. The Morgan fingerprint density at radius 3 is 2.30 bits per heavy atom. The van der Waals surface area contributed by atoms with Crippen LogP contribution in [0.25, 0.3) is 0 Å². The van der Waals surface area contributed by atoms with E-state index in [-0.39, 0.29) is 12.1 Å². The number of carbonyl (C=O) groups is 2. The van der Waals surface area contributed by atoms with E-state index in [1.54, 1.807) is 13.8 Å². The first-order valence-electron chi connectivity index (χ1n) is 7.44. The van der Waals surface area contributed by atoms with Gasteiger partial charge in [-0.15, -0.1) is 0 Å². The van der Waals surface area contributed by atoms with Crippen LogP contribution >= 0.6 is 0 Å². The number of aliphatic carboxylic acids is 1. The van der Waals surface area contributed by atoms with E-state index in [0.29, 0.717) is 24.9 Å². The number of rotatable bonds is 3. The van der Waals surface area contributed by atoms with Gasteiger partial charge in [-0.05, 0) is 46.0 Å². The number of piperidine rings is 1. The van der Waals surface area contributed by atoms with Crippen molar-refractivity contribution in [1.29, 1.82) is 0 Å². The molecule has 0 aromatic carbocycles.